The summed E-state index contributed by atoms with van der Waals surface area (Å²) in [5, 5.41) is 3.29. The lowest BCUT2D eigenvalue weighted by Crippen LogP contribution is -2.34. The highest BCUT2D eigenvalue weighted by molar-refractivity contribution is 6.32. The van der Waals surface area contributed by atoms with Crippen LogP contribution in [0.25, 0.3) is 0 Å². The largest absolute Gasteiger partial charge is 0.495 e. The van der Waals surface area contributed by atoms with E-state index in [4.69, 9.17) is 21.1 Å². The zero-order valence-electron chi connectivity index (χ0n) is 13.6. The zero-order valence-corrected chi connectivity index (χ0v) is 14.4. The smallest absolute Gasteiger partial charge is 0.234 e. The third-order valence-electron chi connectivity index (χ3n) is 3.79. The maximum Gasteiger partial charge on any atom is 0.234 e. The van der Waals surface area contributed by atoms with Gasteiger partial charge in [0.25, 0.3) is 0 Å². The zero-order chi connectivity index (χ0) is 17.0. The minimum absolute atomic E-state index is 0.150. The Morgan fingerprint density at radius 3 is 2.22 bits per heavy atom. The van der Waals surface area contributed by atoms with Crippen molar-refractivity contribution in [3.63, 3.8) is 0 Å². The maximum absolute atomic E-state index is 12.7. The molecular weight excluding hydrogens is 314 g/mol. The highest BCUT2D eigenvalue weighted by Gasteiger charge is 2.30. The van der Waals surface area contributed by atoms with Crippen molar-refractivity contribution in [2.75, 3.05) is 19.5 Å². The number of methoxy groups -OCH3 is 2. The van der Waals surface area contributed by atoms with Crippen LogP contribution in [-0.4, -0.2) is 20.1 Å². The molecule has 0 saturated carbocycles. The quantitative estimate of drug-likeness (QED) is 0.888. The summed E-state index contributed by atoms with van der Waals surface area (Å²) < 4.78 is 10.5. The lowest BCUT2D eigenvalue weighted by Gasteiger charge is -2.25. The number of nitrogens with one attached hydrogen (secondary N) is 1. The van der Waals surface area contributed by atoms with Gasteiger partial charge in [0.05, 0.1) is 30.3 Å². The van der Waals surface area contributed by atoms with E-state index in [2.05, 4.69) is 5.32 Å². The van der Waals surface area contributed by atoms with Crippen LogP contribution in [0.4, 0.5) is 5.69 Å². The van der Waals surface area contributed by atoms with Crippen LogP contribution < -0.4 is 14.8 Å². The first-order chi connectivity index (χ1) is 10.9. The van der Waals surface area contributed by atoms with Crippen molar-refractivity contribution in [3.05, 3.63) is 53.1 Å². The van der Waals surface area contributed by atoms with E-state index in [0.717, 1.165) is 5.56 Å². The fourth-order valence-electron chi connectivity index (χ4n) is 2.22. The molecule has 5 heteroatoms. The first-order valence-corrected chi connectivity index (χ1v) is 7.56. The molecule has 1 amide bonds. The SMILES string of the molecule is COc1cc(OC)c(NC(=O)C(C)(C)c2ccccc2)cc1Cl. The van der Waals surface area contributed by atoms with Crippen LogP contribution in [0.1, 0.15) is 19.4 Å². The lowest BCUT2D eigenvalue weighted by molar-refractivity contribution is -0.120. The Labute approximate surface area is 141 Å². The number of halogens is 1. The summed E-state index contributed by atoms with van der Waals surface area (Å²) in [4.78, 5) is 12.7. The molecule has 0 aliphatic rings. The van der Waals surface area contributed by atoms with Crippen molar-refractivity contribution in [2.24, 2.45) is 0 Å². The molecule has 0 heterocycles. The Morgan fingerprint density at radius 2 is 1.65 bits per heavy atom. The average Bonchev–Trinajstić information content (AvgIpc) is 2.55. The molecule has 2 aromatic rings. The van der Waals surface area contributed by atoms with Crippen molar-refractivity contribution in [2.45, 2.75) is 19.3 Å². The second kappa shape index (κ2) is 6.92. The summed E-state index contributed by atoms with van der Waals surface area (Å²) in [7, 11) is 3.05. The van der Waals surface area contributed by atoms with E-state index in [1.165, 1.54) is 14.2 Å². The van der Waals surface area contributed by atoms with E-state index >= 15 is 0 Å². The van der Waals surface area contributed by atoms with Crippen LogP contribution in [-0.2, 0) is 10.2 Å². The van der Waals surface area contributed by atoms with Crippen LogP contribution in [0, 0.1) is 0 Å². The maximum atomic E-state index is 12.7. The molecule has 2 rings (SSSR count). The Balaban J connectivity index is 2.31. The summed E-state index contributed by atoms with van der Waals surface area (Å²) >= 11 is 6.14. The molecule has 0 aliphatic carbocycles. The van der Waals surface area contributed by atoms with Gasteiger partial charge in [0.2, 0.25) is 5.91 Å². The standard InChI is InChI=1S/C18H20ClNO3/c1-18(2,12-8-6-5-7-9-12)17(21)20-14-10-13(19)15(22-3)11-16(14)23-4/h5-11H,1-4H3,(H,20,21). The van der Waals surface area contributed by atoms with Gasteiger partial charge in [0, 0.05) is 6.07 Å². The molecular formula is C18H20ClNO3. The van der Waals surface area contributed by atoms with Gasteiger partial charge in [0.15, 0.2) is 0 Å². The molecule has 122 valence electrons. The Hall–Kier alpha value is -2.20. The van der Waals surface area contributed by atoms with Gasteiger partial charge in [-0.05, 0) is 25.5 Å². The van der Waals surface area contributed by atoms with Gasteiger partial charge in [-0.1, -0.05) is 41.9 Å². The van der Waals surface area contributed by atoms with Gasteiger partial charge in [-0.2, -0.15) is 0 Å². The number of hydrogen-bond acceptors (Lipinski definition) is 3. The van der Waals surface area contributed by atoms with Gasteiger partial charge in [-0.3, -0.25) is 4.79 Å². The van der Waals surface area contributed by atoms with Gasteiger partial charge in [-0.25, -0.2) is 0 Å². The van der Waals surface area contributed by atoms with Crippen LogP contribution >= 0.6 is 11.6 Å². The highest BCUT2D eigenvalue weighted by Crippen LogP contribution is 2.37. The molecule has 4 nitrogen and oxygen atoms in total. The van der Waals surface area contributed by atoms with Crippen molar-refractivity contribution in [3.8, 4) is 11.5 Å². The van der Waals surface area contributed by atoms with Crippen molar-refractivity contribution in [1.29, 1.82) is 0 Å². The minimum Gasteiger partial charge on any atom is -0.495 e. The third kappa shape index (κ3) is 3.59. The van der Waals surface area contributed by atoms with E-state index in [1.807, 2.05) is 44.2 Å². The Bertz CT molecular complexity index is 699. The predicted octanol–water partition coefficient (Wildman–Crippen LogP) is 4.27. The normalized spacial score (nSPS) is 11.0. The number of anilines is 1. The minimum atomic E-state index is -0.696. The summed E-state index contributed by atoms with van der Waals surface area (Å²) in [6.07, 6.45) is 0. The number of carbonyl (C=O) groups excluding carboxylic acids is 1. The molecule has 0 atom stereocenters. The fraction of sp³-hybridized carbons (Fsp3) is 0.278. The molecule has 0 radical (unpaired) electrons. The van der Waals surface area contributed by atoms with Crippen molar-refractivity contribution >= 4 is 23.2 Å². The van der Waals surface area contributed by atoms with E-state index < -0.39 is 5.41 Å². The first-order valence-electron chi connectivity index (χ1n) is 7.18. The molecule has 0 bridgehead atoms. The molecule has 0 fully saturated rings. The second-order valence-electron chi connectivity index (χ2n) is 5.63. The topological polar surface area (TPSA) is 47.6 Å². The molecule has 0 saturated heterocycles. The van der Waals surface area contributed by atoms with Crippen LogP contribution in [0.2, 0.25) is 5.02 Å². The Kier molecular flexibility index (Phi) is 5.16. The number of rotatable bonds is 5. The van der Waals surface area contributed by atoms with E-state index in [1.54, 1.807) is 12.1 Å². The molecule has 0 aromatic heterocycles. The van der Waals surface area contributed by atoms with Gasteiger partial charge >= 0.3 is 0 Å². The molecule has 0 unspecified atom stereocenters. The summed E-state index contributed by atoms with van der Waals surface area (Å²) in [5.41, 5.74) is 0.738. The number of benzene rings is 2. The summed E-state index contributed by atoms with van der Waals surface area (Å²) in [6, 6.07) is 12.9. The first kappa shape index (κ1) is 17.2. The van der Waals surface area contributed by atoms with Crippen LogP contribution in [0.5, 0.6) is 11.5 Å². The van der Waals surface area contributed by atoms with Gasteiger partial charge in [-0.15, -0.1) is 0 Å². The van der Waals surface area contributed by atoms with E-state index in [-0.39, 0.29) is 5.91 Å². The van der Waals surface area contributed by atoms with Crippen molar-refractivity contribution in [1.82, 2.24) is 0 Å². The number of hydrogen-bond donors (Lipinski definition) is 1. The third-order valence-corrected chi connectivity index (χ3v) is 4.08. The Morgan fingerprint density at radius 1 is 1.04 bits per heavy atom. The van der Waals surface area contributed by atoms with Crippen LogP contribution in [0.15, 0.2) is 42.5 Å². The number of amides is 1. The fourth-order valence-corrected chi connectivity index (χ4v) is 2.46. The predicted molar refractivity (Wildman–Crippen MR) is 92.7 cm³/mol. The second-order valence-corrected chi connectivity index (χ2v) is 6.04. The van der Waals surface area contributed by atoms with Crippen LogP contribution in [0.3, 0.4) is 0 Å². The van der Waals surface area contributed by atoms with Gasteiger partial charge in [0.1, 0.15) is 11.5 Å². The lowest BCUT2D eigenvalue weighted by atomic mass is 9.83. The summed E-state index contributed by atoms with van der Waals surface area (Å²) in [6.45, 7) is 3.74. The van der Waals surface area contributed by atoms with E-state index in [9.17, 15) is 4.79 Å². The molecule has 0 spiro atoms. The monoisotopic (exact) mass is 333 g/mol. The molecule has 0 aliphatic heterocycles. The molecule has 23 heavy (non-hydrogen) atoms. The number of carbonyl (C=O) groups is 1. The van der Waals surface area contributed by atoms with Gasteiger partial charge < -0.3 is 14.8 Å². The van der Waals surface area contributed by atoms with E-state index in [0.29, 0.717) is 22.2 Å². The molecule has 1 N–H and O–H groups in total. The molecule has 2 aromatic carbocycles. The highest BCUT2D eigenvalue weighted by atomic mass is 35.5. The van der Waals surface area contributed by atoms with Crippen molar-refractivity contribution < 1.29 is 14.3 Å². The average molecular weight is 334 g/mol. The number of ether oxygens (including phenoxy) is 2. The summed E-state index contributed by atoms with van der Waals surface area (Å²) in [5.74, 6) is 0.829.